The first-order chi connectivity index (χ1) is 11.4. The van der Waals surface area contributed by atoms with Crippen LogP contribution in [0.4, 0.5) is 0 Å². The minimum atomic E-state index is -3.66. The maximum Gasteiger partial charge on any atom is 0.271 e. The molecule has 10 heteroatoms. The van der Waals surface area contributed by atoms with Crippen LogP contribution in [0, 0.1) is 6.92 Å². The molecule has 0 unspecified atom stereocenters. The first-order valence-electron chi connectivity index (χ1n) is 7.44. The Balaban J connectivity index is 1.68. The Morgan fingerprint density at radius 1 is 1.25 bits per heavy atom. The molecule has 1 aliphatic heterocycles. The van der Waals surface area contributed by atoms with Crippen LogP contribution in [0.1, 0.15) is 11.8 Å². The second-order valence-electron chi connectivity index (χ2n) is 5.60. The molecule has 1 N–H and O–H groups in total. The van der Waals surface area contributed by atoms with Gasteiger partial charge in [-0.2, -0.15) is 4.31 Å². The van der Waals surface area contributed by atoms with Crippen molar-refractivity contribution < 1.29 is 17.7 Å². The van der Waals surface area contributed by atoms with Gasteiger partial charge in [-0.1, -0.05) is 29.3 Å². The molecule has 0 atom stereocenters. The van der Waals surface area contributed by atoms with Gasteiger partial charge in [-0.05, 0) is 12.1 Å². The third-order valence-electron chi connectivity index (χ3n) is 3.93. The normalized spacial score (nSPS) is 17.3. The molecule has 2 heterocycles. The average Bonchev–Trinajstić information content (AvgIpc) is 2.95. The van der Waals surface area contributed by atoms with Crippen molar-refractivity contribution in [1.82, 2.24) is 14.5 Å². The van der Waals surface area contributed by atoms with Crippen molar-refractivity contribution in [3.05, 3.63) is 40.0 Å². The van der Waals surface area contributed by atoms with Crippen LogP contribution in [-0.2, 0) is 16.6 Å². The van der Waals surface area contributed by atoms with E-state index in [1.165, 1.54) is 15.3 Å². The second kappa shape index (κ2) is 6.97. The van der Waals surface area contributed by atoms with Crippen molar-refractivity contribution in [2.24, 2.45) is 0 Å². The lowest BCUT2D eigenvalue weighted by molar-refractivity contribution is -0.918. The smallest absolute Gasteiger partial charge is 0.271 e. The second-order valence-corrected chi connectivity index (χ2v) is 8.29. The van der Waals surface area contributed by atoms with Crippen molar-refractivity contribution in [3.63, 3.8) is 0 Å². The number of rotatable bonds is 4. The predicted octanol–water partition coefficient (Wildman–Crippen LogP) is 0.774. The predicted molar refractivity (Wildman–Crippen MR) is 88.7 cm³/mol. The van der Waals surface area contributed by atoms with Crippen LogP contribution in [0.3, 0.4) is 0 Å². The highest BCUT2D eigenvalue weighted by molar-refractivity contribution is 7.89. The number of sulfonamides is 1. The molecule has 0 saturated carbocycles. The number of aromatic nitrogens is 2. The van der Waals surface area contributed by atoms with Crippen molar-refractivity contribution in [2.75, 3.05) is 26.2 Å². The standard InChI is InChI=1S/C14H16Cl2N4O3S/c1-10-17-18-13(23-10)9-19-5-7-20(8-6-19)24(21,22)12-4-2-3-11(15)14(12)16/h2-4H,5-9H2,1H3/p+1. The molecule has 0 amide bonds. The van der Waals surface area contributed by atoms with E-state index in [1.807, 2.05) is 0 Å². The van der Waals surface area contributed by atoms with Gasteiger partial charge < -0.3 is 9.32 Å². The molecule has 0 aliphatic carbocycles. The minimum absolute atomic E-state index is 0.0487. The number of benzene rings is 1. The van der Waals surface area contributed by atoms with E-state index in [0.29, 0.717) is 44.5 Å². The van der Waals surface area contributed by atoms with Gasteiger partial charge in [0, 0.05) is 6.92 Å². The van der Waals surface area contributed by atoms with Crippen LogP contribution in [0.2, 0.25) is 10.0 Å². The van der Waals surface area contributed by atoms with E-state index >= 15 is 0 Å². The summed E-state index contributed by atoms with van der Waals surface area (Å²) in [5, 5.41) is 8.07. The van der Waals surface area contributed by atoms with E-state index in [9.17, 15) is 8.42 Å². The molecule has 1 aromatic carbocycles. The first-order valence-corrected chi connectivity index (χ1v) is 9.64. The summed E-state index contributed by atoms with van der Waals surface area (Å²) in [6.07, 6.45) is 0. The molecule has 1 fully saturated rings. The van der Waals surface area contributed by atoms with Gasteiger partial charge in [-0.15, -0.1) is 10.2 Å². The number of aryl methyl sites for hydroxylation is 1. The summed E-state index contributed by atoms with van der Waals surface area (Å²) in [6.45, 7) is 4.43. The number of hydrogen-bond donors (Lipinski definition) is 1. The number of piperazine rings is 1. The molecule has 130 valence electrons. The van der Waals surface area contributed by atoms with Crippen LogP contribution in [0.25, 0.3) is 0 Å². The fourth-order valence-corrected chi connectivity index (χ4v) is 4.84. The molecule has 0 spiro atoms. The molecule has 1 saturated heterocycles. The largest absolute Gasteiger partial charge is 0.420 e. The maximum absolute atomic E-state index is 12.8. The Labute approximate surface area is 150 Å². The molecule has 0 radical (unpaired) electrons. The van der Waals surface area contributed by atoms with Gasteiger partial charge >= 0.3 is 0 Å². The van der Waals surface area contributed by atoms with Gasteiger partial charge in [-0.25, -0.2) is 8.42 Å². The summed E-state index contributed by atoms with van der Waals surface area (Å²) in [4.78, 5) is 1.25. The van der Waals surface area contributed by atoms with Crippen molar-refractivity contribution in [1.29, 1.82) is 0 Å². The lowest BCUT2D eigenvalue weighted by atomic mass is 10.3. The molecular formula is C14H17Cl2N4O3S+. The van der Waals surface area contributed by atoms with Crippen molar-refractivity contribution >= 4 is 33.2 Å². The average molecular weight is 392 g/mol. The van der Waals surface area contributed by atoms with E-state index < -0.39 is 10.0 Å². The van der Waals surface area contributed by atoms with Gasteiger partial charge in [0.2, 0.25) is 15.9 Å². The number of hydrogen-bond acceptors (Lipinski definition) is 5. The van der Waals surface area contributed by atoms with Crippen LogP contribution in [-0.4, -0.2) is 49.1 Å². The Bertz CT molecular complexity index is 832. The zero-order valence-corrected chi connectivity index (χ0v) is 15.3. The highest BCUT2D eigenvalue weighted by Crippen LogP contribution is 2.30. The zero-order valence-electron chi connectivity index (χ0n) is 13.0. The first kappa shape index (κ1) is 17.6. The van der Waals surface area contributed by atoms with Gasteiger partial charge in [0.1, 0.15) is 4.90 Å². The van der Waals surface area contributed by atoms with Gasteiger partial charge in [0.25, 0.3) is 5.89 Å². The van der Waals surface area contributed by atoms with Crippen LogP contribution in [0.15, 0.2) is 27.5 Å². The molecule has 24 heavy (non-hydrogen) atoms. The summed E-state index contributed by atoms with van der Waals surface area (Å²) >= 11 is 12.0. The third kappa shape index (κ3) is 3.57. The highest BCUT2D eigenvalue weighted by atomic mass is 35.5. The number of quaternary nitrogens is 1. The number of nitrogens with zero attached hydrogens (tertiary/aromatic N) is 3. The van der Waals surface area contributed by atoms with Crippen LogP contribution >= 0.6 is 23.2 Å². The molecular weight excluding hydrogens is 375 g/mol. The summed E-state index contributed by atoms with van der Waals surface area (Å²) in [5.74, 6) is 1.10. The molecule has 1 aliphatic rings. The van der Waals surface area contributed by atoms with Crippen LogP contribution in [0.5, 0.6) is 0 Å². The highest BCUT2D eigenvalue weighted by Gasteiger charge is 2.32. The fraction of sp³-hybridized carbons (Fsp3) is 0.429. The number of nitrogens with one attached hydrogen (secondary N) is 1. The van der Waals surface area contributed by atoms with E-state index in [-0.39, 0.29) is 14.9 Å². The SMILES string of the molecule is Cc1nnc(C[NH+]2CCN(S(=O)(=O)c3cccc(Cl)c3Cl)CC2)o1. The Hall–Kier alpha value is -1.19. The topological polar surface area (TPSA) is 80.7 Å². The summed E-state index contributed by atoms with van der Waals surface area (Å²) in [7, 11) is -3.66. The summed E-state index contributed by atoms with van der Waals surface area (Å²) in [5.41, 5.74) is 0. The quantitative estimate of drug-likeness (QED) is 0.832. The van der Waals surface area contributed by atoms with Gasteiger partial charge in [0.15, 0.2) is 6.54 Å². The van der Waals surface area contributed by atoms with Crippen molar-refractivity contribution in [2.45, 2.75) is 18.4 Å². The van der Waals surface area contributed by atoms with Crippen molar-refractivity contribution in [3.8, 4) is 0 Å². The maximum atomic E-state index is 12.8. The summed E-state index contributed by atoms with van der Waals surface area (Å²) in [6, 6.07) is 4.63. The molecule has 2 aromatic rings. The Kier molecular flexibility index (Phi) is 5.12. The monoisotopic (exact) mass is 391 g/mol. The van der Waals surface area contributed by atoms with Gasteiger partial charge in [-0.3, -0.25) is 0 Å². The summed E-state index contributed by atoms with van der Waals surface area (Å²) < 4.78 is 32.3. The van der Waals surface area contributed by atoms with E-state index in [0.717, 1.165) is 0 Å². The van der Waals surface area contributed by atoms with Gasteiger partial charge in [0.05, 0.1) is 36.2 Å². The number of halogens is 2. The van der Waals surface area contributed by atoms with Crippen LogP contribution < -0.4 is 4.90 Å². The minimum Gasteiger partial charge on any atom is -0.420 e. The Morgan fingerprint density at radius 2 is 1.96 bits per heavy atom. The lowest BCUT2D eigenvalue weighted by Gasteiger charge is -2.31. The zero-order chi connectivity index (χ0) is 17.3. The third-order valence-corrected chi connectivity index (χ3v) is 6.80. The van der Waals surface area contributed by atoms with E-state index in [2.05, 4.69) is 10.2 Å². The fourth-order valence-electron chi connectivity index (χ4n) is 2.66. The molecule has 0 bridgehead atoms. The molecule has 3 rings (SSSR count). The van der Waals surface area contributed by atoms with E-state index in [4.69, 9.17) is 27.6 Å². The Morgan fingerprint density at radius 3 is 2.58 bits per heavy atom. The molecule has 7 nitrogen and oxygen atoms in total. The van der Waals surface area contributed by atoms with E-state index in [1.54, 1.807) is 19.1 Å². The molecule has 1 aromatic heterocycles. The lowest BCUT2D eigenvalue weighted by Crippen LogP contribution is -3.13.